The molecule has 2 aliphatic heterocycles. The molecule has 1 fully saturated rings. The second-order valence-electron chi connectivity index (χ2n) is 7.04. The highest BCUT2D eigenvalue weighted by Gasteiger charge is 2.41. The number of aryl methyl sites for hydroxylation is 1. The van der Waals surface area contributed by atoms with Gasteiger partial charge in [0.15, 0.2) is 0 Å². The minimum Gasteiger partial charge on any atom is -0.485 e. The van der Waals surface area contributed by atoms with Crippen molar-refractivity contribution in [3.8, 4) is 5.75 Å². The highest BCUT2D eigenvalue weighted by molar-refractivity contribution is 5.92. The predicted molar refractivity (Wildman–Crippen MR) is 98.8 cm³/mol. The van der Waals surface area contributed by atoms with Gasteiger partial charge in [-0.2, -0.15) is 5.10 Å². The number of amides is 1. The lowest BCUT2D eigenvalue weighted by Gasteiger charge is -2.38. The van der Waals surface area contributed by atoms with Crippen LogP contribution in [0.3, 0.4) is 0 Å². The third kappa shape index (κ3) is 3.47. The summed E-state index contributed by atoms with van der Waals surface area (Å²) in [7, 11) is 0. The van der Waals surface area contributed by atoms with Gasteiger partial charge in [0.05, 0.1) is 19.8 Å². The lowest BCUT2D eigenvalue weighted by Crippen LogP contribution is -2.51. The summed E-state index contributed by atoms with van der Waals surface area (Å²) < 4.78 is 13.2. The van der Waals surface area contributed by atoms with Crippen molar-refractivity contribution in [2.24, 2.45) is 0 Å². The maximum atomic E-state index is 13.2. The van der Waals surface area contributed by atoms with Gasteiger partial charge in [0.25, 0.3) is 11.5 Å². The van der Waals surface area contributed by atoms with Gasteiger partial charge in [-0.25, -0.2) is 4.68 Å². The van der Waals surface area contributed by atoms with E-state index < -0.39 is 5.60 Å². The molecule has 1 saturated heterocycles. The molecule has 1 aromatic heterocycles. The first kappa shape index (κ1) is 17.7. The van der Waals surface area contributed by atoms with Crippen molar-refractivity contribution in [3.05, 3.63) is 58.0 Å². The monoisotopic (exact) mass is 369 g/mol. The molecule has 0 saturated carbocycles. The quantitative estimate of drug-likeness (QED) is 0.808. The average molecular weight is 369 g/mol. The summed E-state index contributed by atoms with van der Waals surface area (Å²) in [6.07, 6.45) is 1.46. The van der Waals surface area contributed by atoms with Crippen LogP contribution in [-0.2, 0) is 17.8 Å². The van der Waals surface area contributed by atoms with Gasteiger partial charge in [-0.3, -0.25) is 9.59 Å². The van der Waals surface area contributed by atoms with Crippen LogP contribution in [0.25, 0.3) is 0 Å². The summed E-state index contributed by atoms with van der Waals surface area (Å²) in [6, 6.07) is 10.7. The number of hydrogen-bond acceptors (Lipinski definition) is 5. The van der Waals surface area contributed by atoms with Gasteiger partial charge < -0.3 is 14.4 Å². The summed E-state index contributed by atoms with van der Waals surface area (Å²) in [4.78, 5) is 26.8. The molecule has 7 nitrogen and oxygen atoms in total. The number of nitrogens with zero attached hydrogens (tertiary/aromatic N) is 3. The van der Waals surface area contributed by atoms with E-state index in [1.165, 1.54) is 16.8 Å². The van der Waals surface area contributed by atoms with E-state index in [0.29, 0.717) is 32.8 Å². The highest BCUT2D eigenvalue weighted by atomic mass is 16.5. The fourth-order valence-electron chi connectivity index (χ4n) is 3.71. The molecule has 1 spiro atoms. The van der Waals surface area contributed by atoms with Crippen LogP contribution in [-0.4, -0.2) is 45.9 Å². The van der Waals surface area contributed by atoms with E-state index >= 15 is 0 Å². The first-order valence-corrected chi connectivity index (χ1v) is 9.32. The zero-order valence-corrected chi connectivity index (χ0v) is 15.4. The van der Waals surface area contributed by atoms with Crippen molar-refractivity contribution in [3.63, 3.8) is 0 Å². The molecule has 27 heavy (non-hydrogen) atoms. The number of carbonyl (C=O) groups is 1. The summed E-state index contributed by atoms with van der Waals surface area (Å²) >= 11 is 0. The molecule has 2 aliphatic rings. The summed E-state index contributed by atoms with van der Waals surface area (Å²) in [5.41, 5.74) is 0.579. The molecule has 0 bridgehead atoms. The molecule has 4 rings (SSSR count). The van der Waals surface area contributed by atoms with Gasteiger partial charge >= 0.3 is 0 Å². The molecule has 0 radical (unpaired) electrons. The Balaban J connectivity index is 1.70. The molecule has 3 heterocycles. The molecule has 7 heteroatoms. The number of benzene rings is 1. The van der Waals surface area contributed by atoms with Crippen LogP contribution < -0.4 is 10.3 Å². The molecule has 0 N–H and O–H groups in total. The van der Waals surface area contributed by atoms with E-state index in [1.54, 1.807) is 4.90 Å². The number of rotatable bonds is 2. The Labute approximate surface area is 157 Å². The van der Waals surface area contributed by atoms with Crippen LogP contribution in [0.15, 0.2) is 41.2 Å². The highest BCUT2D eigenvalue weighted by Crippen LogP contribution is 2.35. The van der Waals surface area contributed by atoms with Crippen molar-refractivity contribution in [1.82, 2.24) is 14.7 Å². The van der Waals surface area contributed by atoms with Gasteiger partial charge in [-0.1, -0.05) is 18.2 Å². The van der Waals surface area contributed by atoms with Crippen LogP contribution in [0.5, 0.6) is 5.75 Å². The normalized spacial score (nSPS) is 18.5. The Morgan fingerprint density at radius 1 is 1.19 bits per heavy atom. The van der Waals surface area contributed by atoms with Gasteiger partial charge in [0.2, 0.25) is 0 Å². The van der Waals surface area contributed by atoms with Crippen LogP contribution >= 0.6 is 0 Å². The van der Waals surface area contributed by atoms with E-state index in [9.17, 15) is 9.59 Å². The molecule has 1 aromatic carbocycles. The zero-order valence-electron chi connectivity index (χ0n) is 15.4. The Hall–Kier alpha value is -2.67. The van der Waals surface area contributed by atoms with E-state index in [2.05, 4.69) is 5.10 Å². The Bertz CT molecular complexity index is 902. The van der Waals surface area contributed by atoms with Crippen molar-refractivity contribution >= 4 is 5.91 Å². The largest absolute Gasteiger partial charge is 0.485 e. The first-order chi connectivity index (χ1) is 13.1. The number of hydrogen-bond donors (Lipinski definition) is 0. The van der Waals surface area contributed by atoms with E-state index in [-0.39, 0.29) is 17.2 Å². The number of fused-ring (bicyclic) bond motifs is 1. The Morgan fingerprint density at radius 3 is 2.74 bits per heavy atom. The van der Waals surface area contributed by atoms with Crippen LogP contribution in [0.4, 0.5) is 0 Å². The molecule has 0 aliphatic carbocycles. The fraction of sp³-hybridized carbons (Fsp3) is 0.450. The lowest BCUT2D eigenvalue weighted by atomic mass is 9.93. The van der Waals surface area contributed by atoms with Crippen LogP contribution in [0, 0.1) is 0 Å². The summed E-state index contributed by atoms with van der Waals surface area (Å²) in [5, 5.41) is 4.23. The second kappa shape index (κ2) is 7.15. The molecule has 2 aromatic rings. The molecule has 142 valence electrons. The van der Waals surface area contributed by atoms with Crippen molar-refractivity contribution in [1.29, 1.82) is 0 Å². The molecule has 0 atom stereocenters. The smallest absolute Gasteiger partial charge is 0.274 e. The zero-order chi connectivity index (χ0) is 18.9. The minimum absolute atomic E-state index is 0.191. The van der Waals surface area contributed by atoms with Crippen molar-refractivity contribution in [2.75, 3.05) is 19.8 Å². The molecule has 1 amide bonds. The predicted octanol–water partition coefficient (Wildman–Crippen LogP) is 1.85. The van der Waals surface area contributed by atoms with E-state index in [1.807, 2.05) is 31.2 Å². The SMILES string of the molecule is CCn1nc(C(=O)N2Cc3ccccc3OC3(CCOCC3)C2)ccc1=O. The fourth-order valence-corrected chi connectivity index (χ4v) is 3.71. The Kier molecular flexibility index (Phi) is 4.70. The first-order valence-electron chi connectivity index (χ1n) is 9.32. The lowest BCUT2D eigenvalue weighted by molar-refractivity contribution is -0.0551. The third-order valence-electron chi connectivity index (χ3n) is 5.22. The van der Waals surface area contributed by atoms with E-state index in [0.717, 1.165) is 24.2 Å². The standard InChI is InChI=1S/C20H23N3O4/c1-2-23-18(24)8-7-16(21-23)19(25)22-13-15-5-3-4-6-17(15)27-20(14-22)9-11-26-12-10-20/h3-8H,2,9-14H2,1H3. The van der Waals surface area contributed by atoms with E-state index in [4.69, 9.17) is 9.47 Å². The van der Waals surface area contributed by atoms with Crippen molar-refractivity contribution in [2.45, 2.75) is 38.5 Å². The number of aromatic nitrogens is 2. The van der Waals surface area contributed by atoms with Gasteiger partial charge in [0, 0.05) is 37.6 Å². The van der Waals surface area contributed by atoms with Crippen LogP contribution in [0.2, 0.25) is 0 Å². The topological polar surface area (TPSA) is 73.7 Å². The van der Waals surface area contributed by atoms with Gasteiger partial charge in [-0.05, 0) is 19.1 Å². The maximum absolute atomic E-state index is 13.2. The maximum Gasteiger partial charge on any atom is 0.274 e. The van der Waals surface area contributed by atoms with Crippen molar-refractivity contribution < 1.29 is 14.3 Å². The number of carbonyl (C=O) groups excluding carboxylic acids is 1. The third-order valence-corrected chi connectivity index (χ3v) is 5.22. The average Bonchev–Trinajstić information content (AvgIpc) is 2.85. The molecular formula is C20H23N3O4. The second-order valence-corrected chi connectivity index (χ2v) is 7.04. The minimum atomic E-state index is -0.459. The molecule has 0 unspecified atom stereocenters. The summed E-state index contributed by atoms with van der Waals surface area (Å²) in [6.45, 7) is 4.40. The van der Waals surface area contributed by atoms with Crippen LogP contribution in [0.1, 0.15) is 35.8 Å². The van der Waals surface area contributed by atoms with Gasteiger partial charge in [0.1, 0.15) is 17.0 Å². The van der Waals surface area contributed by atoms with Gasteiger partial charge in [-0.15, -0.1) is 0 Å². The molecular weight excluding hydrogens is 346 g/mol. The Morgan fingerprint density at radius 2 is 1.96 bits per heavy atom. The summed E-state index contributed by atoms with van der Waals surface area (Å²) in [5.74, 6) is 0.629. The number of ether oxygens (including phenoxy) is 2. The number of para-hydroxylation sites is 1.